The number of amides is 2. The van der Waals surface area contributed by atoms with E-state index >= 15 is 0 Å². The fraction of sp³-hybridized carbons (Fsp3) is 0.148. The molecular weight excluding hydrogens is 412 g/mol. The van der Waals surface area contributed by atoms with Crippen LogP contribution in [0.2, 0.25) is 0 Å². The van der Waals surface area contributed by atoms with Gasteiger partial charge < -0.3 is 10.6 Å². The molecule has 1 saturated carbocycles. The van der Waals surface area contributed by atoms with Gasteiger partial charge in [0.05, 0.1) is 11.3 Å². The smallest absolute Gasteiger partial charge is 0.259 e. The van der Waals surface area contributed by atoms with Crippen LogP contribution < -0.4 is 10.6 Å². The molecule has 1 heterocycles. The summed E-state index contributed by atoms with van der Waals surface area (Å²) in [7, 11) is 0. The Kier molecular flexibility index (Phi) is 5.48. The maximum Gasteiger partial charge on any atom is 0.259 e. The van der Waals surface area contributed by atoms with Crippen LogP contribution in [-0.2, 0) is 0 Å². The third kappa shape index (κ3) is 4.70. The Hall–Kier alpha value is -4.19. The Bertz CT molecular complexity index is 1320. The van der Waals surface area contributed by atoms with Gasteiger partial charge in [0.1, 0.15) is 5.69 Å². The van der Waals surface area contributed by atoms with Crippen molar-refractivity contribution in [2.75, 3.05) is 5.32 Å². The highest BCUT2D eigenvalue weighted by molar-refractivity contribution is 6.08. The normalized spacial score (nSPS) is 12.9. The van der Waals surface area contributed by atoms with E-state index in [4.69, 9.17) is 5.10 Å². The lowest BCUT2D eigenvalue weighted by Crippen LogP contribution is -2.25. The maximum absolute atomic E-state index is 13.3. The summed E-state index contributed by atoms with van der Waals surface area (Å²) in [5.41, 5.74) is 4.96. The number of hydrogen-bond donors (Lipinski definition) is 2. The minimum Gasteiger partial charge on any atom is -0.349 e. The van der Waals surface area contributed by atoms with Crippen LogP contribution in [-0.4, -0.2) is 27.6 Å². The summed E-state index contributed by atoms with van der Waals surface area (Å²) < 4.78 is 1.71. The van der Waals surface area contributed by atoms with E-state index < -0.39 is 0 Å². The average Bonchev–Trinajstić information content (AvgIpc) is 3.53. The molecule has 0 aliphatic heterocycles. The Morgan fingerprint density at radius 2 is 1.70 bits per heavy atom. The van der Waals surface area contributed by atoms with E-state index in [-0.39, 0.29) is 17.9 Å². The summed E-state index contributed by atoms with van der Waals surface area (Å²) in [6.45, 7) is 2.01. The molecule has 1 fully saturated rings. The van der Waals surface area contributed by atoms with Crippen molar-refractivity contribution in [3.63, 3.8) is 0 Å². The van der Waals surface area contributed by atoms with Gasteiger partial charge in [0.15, 0.2) is 0 Å². The third-order valence-corrected chi connectivity index (χ3v) is 5.57. The van der Waals surface area contributed by atoms with E-state index in [1.807, 2.05) is 61.5 Å². The first-order valence-electron chi connectivity index (χ1n) is 11.0. The van der Waals surface area contributed by atoms with Crippen molar-refractivity contribution >= 4 is 17.5 Å². The number of aryl methyl sites for hydroxylation is 1. The minimum absolute atomic E-state index is 0.119. The molecule has 5 rings (SSSR count). The average molecular weight is 437 g/mol. The fourth-order valence-corrected chi connectivity index (χ4v) is 3.69. The molecule has 164 valence electrons. The molecule has 4 aromatic rings. The van der Waals surface area contributed by atoms with Gasteiger partial charge >= 0.3 is 0 Å². The Labute approximate surface area is 192 Å². The van der Waals surface area contributed by atoms with Crippen LogP contribution in [0.1, 0.15) is 39.1 Å². The van der Waals surface area contributed by atoms with Gasteiger partial charge in [-0.1, -0.05) is 48.0 Å². The van der Waals surface area contributed by atoms with Gasteiger partial charge in [-0.3, -0.25) is 9.59 Å². The number of hydrogen-bond acceptors (Lipinski definition) is 3. The molecule has 6 nitrogen and oxygen atoms in total. The zero-order chi connectivity index (χ0) is 22.8. The molecule has 1 aromatic heterocycles. The predicted octanol–water partition coefficient (Wildman–Crippen LogP) is 4.99. The fourth-order valence-electron chi connectivity index (χ4n) is 3.69. The lowest BCUT2D eigenvalue weighted by atomic mass is 10.1. The first kappa shape index (κ1) is 20.7. The summed E-state index contributed by atoms with van der Waals surface area (Å²) >= 11 is 0. The number of benzene rings is 3. The van der Waals surface area contributed by atoms with Gasteiger partial charge in [-0.2, -0.15) is 5.10 Å². The largest absolute Gasteiger partial charge is 0.349 e. The Morgan fingerprint density at radius 1 is 0.909 bits per heavy atom. The van der Waals surface area contributed by atoms with E-state index in [0.29, 0.717) is 22.5 Å². The lowest BCUT2D eigenvalue weighted by molar-refractivity contribution is 0.0949. The van der Waals surface area contributed by atoms with Gasteiger partial charge in [-0.05, 0) is 56.2 Å². The summed E-state index contributed by atoms with van der Waals surface area (Å²) in [6, 6.07) is 24.9. The van der Waals surface area contributed by atoms with Crippen molar-refractivity contribution in [1.29, 1.82) is 0 Å². The molecule has 2 N–H and O–H groups in total. The van der Waals surface area contributed by atoms with E-state index in [2.05, 4.69) is 10.6 Å². The van der Waals surface area contributed by atoms with E-state index in [9.17, 15) is 9.59 Å². The van der Waals surface area contributed by atoms with Crippen molar-refractivity contribution in [2.24, 2.45) is 0 Å². The Morgan fingerprint density at radius 3 is 2.45 bits per heavy atom. The number of anilines is 1. The number of rotatable bonds is 6. The van der Waals surface area contributed by atoms with Crippen LogP contribution in [0, 0.1) is 6.92 Å². The quantitative estimate of drug-likeness (QED) is 0.447. The number of carbonyl (C=O) groups excluding carboxylic acids is 2. The van der Waals surface area contributed by atoms with Crippen LogP contribution in [0.4, 0.5) is 5.69 Å². The highest BCUT2D eigenvalue weighted by Gasteiger charge is 2.24. The summed E-state index contributed by atoms with van der Waals surface area (Å²) in [5, 5.41) is 10.6. The second kappa shape index (κ2) is 8.74. The number of para-hydroxylation sites is 1. The molecule has 3 aromatic carbocycles. The molecule has 0 saturated heterocycles. The number of carbonyl (C=O) groups is 2. The van der Waals surface area contributed by atoms with Gasteiger partial charge in [0.2, 0.25) is 0 Å². The second-order valence-corrected chi connectivity index (χ2v) is 8.32. The van der Waals surface area contributed by atoms with Crippen molar-refractivity contribution in [3.8, 4) is 16.9 Å². The molecule has 1 aliphatic carbocycles. The van der Waals surface area contributed by atoms with Crippen LogP contribution >= 0.6 is 0 Å². The molecule has 0 bridgehead atoms. The highest BCUT2D eigenvalue weighted by Crippen LogP contribution is 2.26. The van der Waals surface area contributed by atoms with Crippen molar-refractivity contribution in [1.82, 2.24) is 15.1 Å². The highest BCUT2D eigenvalue weighted by atomic mass is 16.2. The predicted molar refractivity (Wildman–Crippen MR) is 129 cm³/mol. The van der Waals surface area contributed by atoms with Gasteiger partial charge in [0.25, 0.3) is 11.8 Å². The molecule has 33 heavy (non-hydrogen) atoms. The summed E-state index contributed by atoms with van der Waals surface area (Å²) in [4.78, 5) is 25.7. The minimum atomic E-state index is -0.284. The SMILES string of the molecule is Cc1cccc(-c2nn(-c3ccccc3)cc2C(=O)Nc2cccc(C(=O)NC3CC3)c2)c1. The maximum atomic E-state index is 13.3. The van der Waals surface area contributed by atoms with Crippen molar-refractivity contribution < 1.29 is 9.59 Å². The first-order chi connectivity index (χ1) is 16.1. The summed E-state index contributed by atoms with van der Waals surface area (Å²) in [6.07, 6.45) is 3.79. The van der Waals surface area contributed by atoms with Gasteiger partial charge in [-0.25, -0.2) is 4.68 Å². The number of nitrogens with zero attached hydrogens (tertiary/aromatic N) is 2. The van der Waals surface area contributed by atoms with Crippen LogP contribution in [0.25, 0.3) is 16.9 Å². The topological polar surface area (TPSA) is 76.0 Å². The molecule has 1 aliphatic rings. The zero-order valence-corrected chi connectivity index (χ0v) is 18.3. The van der Waals surface area contributed by atoms with Gasteiger partial charge in [0, 0.05) is 29.1 Å². The van der Waals surface area contributed by atoms with E-state index in [1.165, 1.54) is 0 Å². The molecule has 0 unspecified atom stereocenters. The van der Waals surface area contributed by atoms with Crippen LogP contribution in [0.15, 0.2) is 85.1 Å². The van der Waals surface area contributed by atoms with Crippen LogP contribution in [0.5, 0.6) is 0 Å². The summed E-state index contributed by atoms with van der Waals surface area (Å²) in [5.74, 6) is -0.403. The first-order valence-corrected chi connectivity index (χ1v) is 11.0. The van der Waals surface area contributed by atoms with Gasteiger partial charge in [-0.15, -0.1) is 0 Å². The molecule has 2 amide bonds. The monoisotopic (exact) mass is 436 g/mol. The lowest BCUT2D eigenvalue weighted by Gasteiger charge is -2.08. The van der Waals surface area contributed by atoms with E-state index in [0.717, 1.165) is 29.7 Å². The second-order valence-electron chi connectivity index (χ2n) is 8.32. The molecule has 0 radical (unpaired) electrons. The molecular formula is C27H24N4O2. The Balaban J connectivity index is 1.47. The molecule has 0 atom stereocenters. The molecule has 6 heteroatoms. The number of nitrogens with one attached hydrogen (secondary N) is 2. The van der Waals surface area contributed by atoms with Crippen molar-refractivity contribution in [3.05, 3.63) is 102 Å². The third-order valence-electron chi connectivity index (χ3n) is 5.57. The number of aromatic nitrogens is 2. The molecule has 0 spiro atoms. The van der Waals surface area contributed by atoms with Crippen molar-refractivity contribution in [2.45, 2.75) is 25.8 Å². The van der Waals surface area contributed by atoms with Crippen LogP contribution in [0.3, 0.4) is 0 Å². The van der Waals surface area contributed by atoms with E-state index in [1.54, 1.807) is 35.1 Å². The zero-order valence-electron chi connectivity index (χ0n) is 18.3. The standard InChI is InChI=1S/C27H24N4O2/c1-18-7-5-8-19(15-18)25-24(17-31(30-25)23-11-3-2-4-12-23)27(33)29-22-10-6-9-20(16-22)26(32)28-21-13-14-21/h2-12,15-17,21H,13-14H2,1H3,(H,28,32)(H,29,33).